The number of hydrogen-bond donors (Lipinski definition) is 0. The van der Waals surface area contributed by atoms with E-state index in [9.17, 15) is 0 Å². The number of imidazole rings is 1. The highest BCUT2D eigenvalue weighted by molar-refractivity contribution is 5.77. The monoisotopic (exact) mass is 255 g/mol. The molecule has 0 aliphatic carbocycles. The van der Waals surface area contributed by atoms with Gasteiger partial charge in [0.1, 0.15) is 5.82 Å². The minimum atomic E-state index is 0.303. The summed E-state index contributed by atoms with van der Waals surface area (Å²) in [6.45, 7) is 3.89. The van der Waals surface area contributed by atoms with Crippen molar-refractivity contribution in [1.82, 2.24) is 9.55 Å². The van der Waals surface area contributed by atoms with Gasteiger partial charge in [0.05, 0.1) is 28.8 Å². The van der Waals surface area contributed by atoms with Crippen molar-refractivity contribution in [3.8, 4) is 6.07 Å². The molecule has 0 N–H and O–H groups in total. The van der Waals surface area contributed by atoms with Gasteiger partial charge in [-0.2, -0.15) is 5.26 Å². The van der Waals surface area contributed by atoms with Gasteiger partial charge < -0.3 is 9.30 Å². The standard InChI is InChI=1S/C15H17N3O/c1-2-18-14-6-5-11(10-16)8-13(14)17-15(18)9-12-4-3-7-19-12/h5-6,8,12H,2-4,7,9H2,1H3. The van der Waals surface area contributed by atoms with Crippen LogP contribution in [0.5, 0.6) is 0 Å². The molecule has 4 nitrogen and oxygen atoms in total. The topological polar surface area (TPSA) is 50.8 Å². The SMILES string of the molecule is CCn1c(CC2CCCO2)nc2cc(C#N)ccc21. The molecule has 98 valence electrons. The van der Waals surface area contributed by atoms with Crippen LogP contribution in [0.15, 0.2) is 18.2 Å². The Kier molecular flexibility index (Phi) is 3.22. The van der Waals surface area contributed by atoms with Crippen LogP contribution in [0.3, 0.4) is 0 Å². The summed E-state index contributed by atoms with van der Waals surface area (Å²) in [4.78, 5) is 4.69. The fourth-order valence-corrected chi connectivity index (χ4v) is 2.77. The predicted molar refractivity (Wildman–Crippen MR) is 72.8 cm³/mol. The quantitative estimate of drug-likeness (QED) is 0.847. The van der Waals surface area contributed by atoms with Crippen molar-refractivity contribution in [2.75, 3.05) is 6.61 Å². The Labute approximate surface area is 112 Å². The Morgan fingerprint density at radius 2 is 2.42 bits per heavy atom. The van der Waals surface area contributed by atoms with E-state index in [0.717, 1.165) is 49.3 Å². The molecule has 1 saturated heterocycles. The Hall–Kier alpha value is -1.86. The van der Waals surface area contributed by atoms with Crippen molar-refractivity contribution in [2.45, 2.75) is 38.8 Å². The minimum Gasteiger partial charge on any atom is -0.378 e. The molecule has 0 spiro atoms. The number of benzene rings is 1. The molecule has 0 radical (unpaired) electrons. The van der Waals surface area contributed by atoms with E-state index in [1.54, 1.807) is 0 Å². The van der Waals surface area contributed by atoms with Gasteiger partial charge in [0, 0.05) is 19.6 Å². The Bertz CT molecular complexity index is 633. The van der Waals surface area contributed by atoms with E-state index in [4.69, 9.17) is 10.00 Å². The fourth-order valence-electron chi connectivity index (χ4n) is 2.77. The molecule has 2 aromatic rings. The summed E-state index contributed by atoms with van der Waals surface area (Å²) in [6.07, 6.45) is 3.44. The van der Waals surface area contributed by atoms with Gasteiger partial charge in [-0.15, -0.1) is 0 Å². The molecule has 1 aliphatic rings. The molecule has 1 aromatic heterocycles. The van der Waals surface area contributed by atoms with E-state index in [1.807, 2.05) is 18.2 Å². The van der Waals surface area contributed by atoms with Gasteiger partial charge >= 0.3 is 0 Å². The maximum Gasteiger partial charge on any atom is 0.112 e. The van der Waals surface area contributed by atoms with Gasteiger partial charge in [0.15, 0.2) is 0 Å². The van der Waals surface area contributed by atoms with Gasteiger partial charge in [-0.3, -0.25) is 0 Å². The molecule has 1 aromatic carbocycles. The van der Waals surface area contributed by atoms with E-state index < -0.39 is 0 Å². The fraction of sp³-hybridized carbons (Fsp3) is 0.467. The predicted octanol–water partition coefficient (Wildman–Crippen LogP) is 2.65. The number of aromatic nitrogens is 2. The van der Waals surface area contributed by atoms with E-state index >= 15 is 0 Å². The third kappa shape index (κ3) is 2.22. The highest BCUT2D eigenvalue weighted by Gasteiger charge is 2.19. The maximum absolute atomic E-state index is 8.96. The Morgan fingerprint density at radius 1 is 1.53 bits per heavy atom. The number of nitrogens with zero attached hydrogens (tertiary/aromatic N) is 3. The minimum absolute atomic E-state index is 0.303. The second kappa shape index (κ2) is 5.02. The molecule has 3 rings (SSSR count). The van der Waals surface area contributed by atoms with E-state index in [1.165, 1.54) is 0 Å². The largest absolute Gasteiger partial charge is 0.378 e. The van der Waals surface area contributed by atoms with Crippen molar-refractivity contribution < 1.29 is 4.74 Å². The highest BCUT2D eigenvalue weighted by Crippen LogP contribution is 2.22. The lowest BCUT2D eigenvalue weighted by molar-refractivity contribution is 0.109. The zero-order chi connectivity index (χ0) is 13.2. The summed E-state index contributed by atoms with van der Waals surface area (Å²) in [5.74, 6) is 1.07. The summed E-state index contributed by atoms with van der Waals surface area (Å²) in [5, 5.41) is 8.96. The van der Waals surface area contributed by atoms with Crippen LogP contribution in [0.4, 0.5) is 0 Å². The van der Waals surface area contributed by atoms with Crippen LogP contribution in [-0.2, 0) is 17.7 Å². The third-order valence-electron chi connectivity index (χ3n) is 3.71. The first-order chi connectivity index (χ1) is 9.31. The van der Waals surface area contributed by atoms with Crippen molar-refractivity contribution in [1.29, 1.82) is 5.26 Å². The van der Waals surface area contributed by atoms with Crippen LogP contribution in [-0.4, -0.2) is 22.3 Å². The van der Waals surface area contributed by atoms with Crippen molar-refractivity contribution in [3.63, 3.8) is 0 Å². The highest BCUT2D eigenvalue weighted by atomic mass is 16.5. The maximum atomic E-state index is 8.96. The van der Waals surface area contributed by atoms with E-state index in [2.05, 4.69) is 22.5 Å². The molecule has 1 aliphatic heterocycles. The number of ether oxygens (including phenoxy) is 1. The Balaban J connectivity index is 2.00. The first-order valence-electron chi connectivity index (χ1n) is 6.82. The second-order valence-electron chi connectivity index (χ2n) is 4.93. The van der Waals surface area contributed by atoms with Crippen molar-refractivity contribution in [2.24, 2.45) is 0 Å². The van der Waals surface area contributed by atoms with Gasteiger partial charge in [0.25, 0.3) is 0 Å². The van der Waals surface area contributed by atoms with Crippen LogP contribution < -0.4 is 0 Å². The summed E-state index contributed by atoms with van der Waals surface area (Å²) in [5.41, 5.74) is 2.68. The third-order valence-corrected chi connectivity index (χ3v) is 3.71. The average molecular weight is 255 g/mol. The summed E-state index contributed by atoms with van der Waals surface area (Å²) < 4.78 is 7.91. The molecule has 1 unspecified atom stereocenters. The van der Waals surface area contributed by atoms with E-state index in [0.29, 0.717) is 11.7 Å². The van der Waals surface area contributed by atoms with Crippen LogP contribution in [0.25, 0.3) is 11.0 Å². The van der Waals surface area contributed by atoms with Crippen LogP contribution in [0.2, 0.25) is 0 Å². The van der Waals surface area contributed by atoms with Gasteiger partial charge in [-0.25, -0.2) is 4.98 Å². The van der Waals surface area contributed by atoms with E-state index in [-0.39, 0.29) is 0 Å². The molecule has 4 heteroatoms. The lowest BCUT2D eigenvalue weighted by Crippen LogP contribution is -2.13. The molecule has 0 bridgehead atoms. The number of fused-ring (bicyclic) bond motifs is 1. The van der Waals surface area contributed by atoms with Crippen LogP contribution in [0, 0.1) is 11.3 Å². The number of nitriles is 1. The van der Waals surface area contributed by atoms with Crippen molar-refractivity contribution in [3.05, 3.63) is 29.6 Å². The molecular weight excluding hydrogens is 238 g/mol. The van der Waals surface area contributed by atoms with Gasteiger partial charge in [-0.1, -0.05) is 0 Å². The molecule has 1 atom stereocenters. The molecule has 1 fully saturated rings. The lowest BCUT2D eigenvalue weighted by atomic mass is 10.2. The molecule has 0 amide bonds. The Morgan fingerprint density at radius 3 is 3.11 bits per heavy atom. The summed E-state index contributed by atoms with van der Waals surface area (Å²) in [6, 6.07) is 7.87. The first-order valence-corrected chi connectivity index (χ1v) is 6.82. The zero-order valence-electron chi connectivity index (χ0n) is 11.1. The molecular formula is C15H17N3O. The van der Waals surface area contributed by atoms with Crippen LogP contribution >= 0.6 is 0 Å². The lowest BCUT2D eigenvalue weighted by Gasteiger charge is -2.10. The summed E-state index contributed by atoms with van der Waals surface area (Å²) >= 11 is 0. The van der Waals surface area contributed by atoms with Gasteiger partial charge in [-0.05, 0) is 38.0 Å². The molecule has 0 saturated carbocycles. The summed E-state index contributed by atoms with van der Waals surface area (Å²) in [7, 11) is 0. The molecule has 2 heterocycles. The normalized spacial score (nSPS) is 18.8. The van der Waals surface area contributed by atoms with Crippen molar-refractivity contribution >= 4 is 11.0 Å². The zero-order valence-corrected chi connectivity index (χ0v) is 11.1. The number of rotatable bonds is 3. The number of hydrogen-bond acceptors (Lipinski definition) is 3. The number of aryl methyl sites for hydroxylation is 1. The smallest absolute Gasteiger partial charge is 0.112 e. The van der Waals surface area contributed by atoms with Crippen LogP contribution in [0.1, 0.15) is 31.2 Å². The second-order valence-corrected chi connectivity index (χ2v) is 4.93. The first kappa shape index (κ1) is 12.2. The van der Waals surface area contributed by atoms with Gasteiger partial charge in [0.2, 0.25) is 0 Å². The molecule has 19 heavy (non-hydrogen) atoms. The average Bonchev–Trinajstić information content (AvgIpc) is 3.05.